The van der Waals surface area contributed by atoms with Gasteiger partial charge in [0.1, 0.15) is 0 Å². The van der Waals surface area contributed by atoms with Gasteiger partial charge >= 0.3 is 0 Å². The van der Waals surface area contributed by atoms with Gasteiger partial charge in [-0.2, -0.15) is 0 Å². The van der Waals surface area contributed by atoms with Crippen molar-refractivity contribution < 1.29 is 9.53 Å². The lowest BCUT2D eigenvalue weighted by Gasteiger charge is -2.30. The number of nitrogens with zero attached hydrogens (tertiary/aromatic N) is 2. The molecule has 4 rings (SSSR count). The Labute approximate surface area is 171 Å². The van der Waals surface area contributed by atoms with Crippen molar-refractivity contribution in [2.45, 2.75) is 39.5 Å². The zero-order chi connectivity index (χ0) is 19.9. The average Bonchev–Trinajstić information content (AvgIpc) is 3.34. The molecule has 1 unspecified atom stereocenters. The van der Waals surface area contributed by atoms with E-state index in [2.05, 4.69) is 31.0 Å². The van der Waals surface area contributed by atoms with Gasteiger partial charge in [0.05, 0.1) is 6.61 Å². The summed E-state index contributed by atoms with van der Waals surface area (Å²) in [5, 5.41) is 0.724. The first-order chi connectivity index (χ1) is 13.3. The van der Waals surface area contributed by atoms with E-state index in [0.717, 1.165) is 30.0 Å². The Morgan fingerprint density at radius 2 is 1.93 bits per heavy atom. The van der Waals surface area contributed by atoms with Crippen LogP contribution >= 0.6 is 11.6 Å². The van der Waals surface area contributed by atoms with Crippen LogP contribution in [0.5, 0.6) is 5.88 Å². The summed E-state index contributed by atoms with van der Waals surface area (Å²) in [7, 11) is 0. The molecule has 1 saturated carbocycles. The van der Waals surface area contributed by atoms with Crippen LogP contribution in [0, 0.1) is 17.8 Å². The molecule has 148 valence electrons. The van der Waals surface area contributed by atoms with Crippen molar-refractivity contribution in [2.24, 2.45) is 10.8 Å². The monoisotopic (exact) mass is 398 g/mol. The summed E-state index contributed by atoms with van der Waals surface area (Å²) in [4.78, 5) is 19.4. The molecule has 2 heterocycles. The second kappa shape index (κ2) is 7.07. The summed E-state index contributed by atoms with van der Waals surface area (Å²) in [5.74, 6) is 1.10. The fraction of sp³-hybridized carbons (Fsp3) is 0.478. The number of pyridine rings is 1. The van der Waals surface area contributed by atoms with Crippen molar-refractivity contribution in [3.05, 3.63) is 58.7 Å². The standard InChI is InChI=1S/C23H27ClN2O2/c1-16-4-9-20(25-12-16)28-15-23(3)14-26(21(27)22(2)10-11-22)13-19(23)17-5-7-18(24)8-6-17/h4-9,12,19H,10-11,13-15H2,1-3H3/t19-,23?/m1/s1. The molecule has 0 N–H and O–H groups in total. The van der Waals surface area contributed by atoms with E-state index in [9.17, 15) is 4.79 Å². The van der Waals surface area contributed by atoms with Crippen molar-refractivity contribution in [2.75, 3.05) is 19.7 Å². The molecule has 2 aromatic rings. The molecule has 4 nitrogen and oxygen atoms in total. The van der Waals surface area contributed by atoms with Gasteiger partial charge in [-0.05, 0) is 43.0 Å². The van der Waals surface area contributed by atoms with Crippen LogP contribution in [-0.4, -0.2) is 35.5 Å². The van der Waals surface area contributed by atoms with Crippen molar-refractivity contribution >= 4 is 17.5 Å². The van der Waals surface area contributed by atoms with Gasteiger partial charge in [0.15, 0.2) is 0 Å². The smallest absolute Gasteiger partial charge is 0.228 e. The Bertz CT molecular complexity index is 861. The third kappa shape index (κ3) is 3.75. The number of aryl methyl sites for hydroxylation is 1. The largest absolute Gasteiger partial charge is 0.477 e. The highest BCUT2D eigenvalue weighted by atomic mass is 35.5. The van der Waals surface area contributed by atoms with Crippen LogP contribution < -0.4 is 4.74 Å². The minimum absolute atomic E-state index is 0.158. The number of hydrogen-bond acceptors (Lipinski definition) is 3. The molecule has 2 atom stereocenters. The third-order valence-electron chi connectivity index (χ3n) is 6.31. The lowest BCUT2D eigenvalue weighted by Crippen LogP contribution is -2.37. The summed E-state index contributed by atoms with van der Waals surface area (Å²) < 4.78 is 6.08. The van der Waals surface area contributed by atoms with Crippen LogP contribution in [0.25, 0.3) is 0 Å². The molecule has 1 aliphatic carbocycles. The number of rotatable bonds is 5. The summed E-state index contributed by atoms with van der Waals surface area (Å²) in [6.07, 6.45) is 3.80. The molecule has 0 spiro atoms. The van der Waals surface area contributed by atoms with E-state index < -0.39 is 0 Å². The lowest BCUT2D eigenvalue weighted by molar-refractivity contribution is -0.135. The third-order valence-corrected chi connectivity index (χ3v) is 6.56. The molecule has 1 saturated heterocycles. The van der Waals surface area contributed by atoms with Crippen molar-refractivity contribution in [3.8, 4) is 5.88 Å². The van der Waals surface area contributed by atoms with Gasteiger partial charge in [0.25, 0.3) is 0 Å². The molecule has 1 aromatic carbocycles. The quantitative estimate of drug-likeness (QED) is 0.722. The van der Waals surface area contributed by atoms with Crippen molar-refractivity contribution in [3.63, 3.8) is 0 Å². The minimum atomic E-state index is -0.193. The molecule has 1 amide bonds. The second-order valence-corrected chi connectivity index (χ2v) is 9.40. The number of likely N-dealkylation sites (tertiary alicyclic amines) is 1. The minimum Gasteiger partial charge on any atom is -0.477 e. The first-order valence-electron chi connectivity index (χ1n) is 9.89. The topological polar surface area (TPSA) is 42.4 Å². The Hall–Kier alpha value is -2.07. The molecule has 0 bridgehead atoms. The molecule has 5 heteroatoms. The van der Waals surface area contributed by atoms with Crippen LogP contribution in [0.4, 0.5) is 0 Å². The molecular formula is C23H27ClN2O2. The molecule has 2 aliphatic rings. The summed E-state index contributed by atoms with van der Waals surface area (Å²) in [6.45, 7) is 8.22. The molecule has 28 heavy (non-hydrogen) atoms. The number of carbonyl (C=O) groups excluding carboxylic acids is 1. The van der Waals surface area contributed by atoms with E-state index in [0.29, 0.717) is 19.0 Å². The molecule has 1 aromatic heterocycles. The maximum Gasteiger partial charge on any atom is 0.228 e. The van der Waals surface area contributed by atoms with Gasteiger partial charge in [-0.15, -0.1) is 0 Å². The fourth-order valence-corrected chi connectivity index (χ4v) is 4.24. The maximum atomic E-state index is 13.0. The fourth-order valence-electron chi connectivity index (χ4n) is 4.12. The number of amides is 1. The van der Waals surface area contributed by atoms with E-state index in [1.807, 2.05) is 42.3 Å². The highest BCUT2D eigenvalue weighted by Gasteiger charge is 2.53. The van der Waals surface area contributed by atoms with Gasteiger partial charge in [-0.1, -0.05) is 43.6 Å². The predicted octanol–water partition coefficient (Wildman–Crippen LogP) is 4.85. The Morgan fingerprint density at radius 1 is 1.21 bits per heavy atom. The van der Waals surface area contributed by atoms with Crippen LogP contribution in [0.1, 0.15) is 43.7 Å². The Morgan fingerprint density at radius 3 is 2.54 bits per heavy atom. The van der Waals surface area contributed by atoms with E-state index in [1.165, 1.54) is 5.56 Å². The van der Waals surface area contributed by atoms with Crippen LogP contribution in [0.3, 0.4) is 0 Å². The SMILES string of the molecule is Cc1ccc(OCC2(C)CN(C(=O)C3(C)CC3)C[C@@H]2c2ccc(Cl)cc2)nc1. The van der Waals surface area contributed by atoms with Crippen LogP contribution in [0.2, 0.25) is 5.02 Å². The van der Waals surface area contributed by atoms with Crippen molar-refractivity contribution in [1.82, 2.24) is 9.88 Å². The maximum absolute atomic E-state index is 13.0. The Balaban J connectivity index is 1.57. The number of carbonyl (C=O) groups is 1. The zero-order valence-electron chi connectivity index (χ0n) is 16.7. The van der Waals surface area contributed by atoms with E-state index in [4.69, 9.17) is 16.3 Å². The summed E-state index contributed by atoms with van der Waals surface area (Å²) in [5.41, 5.74) is 1.95. The van der Waals surface area contributed by atoms with Crippen molar-refractivity contribution in [1.29, 1.82) is 0 Å². The second-order valence-electron chi connectivity index (χ2n) is 8.97. The van der Waals surface area contributed by atoms with Gasteiger partial charge in [-0.3, -0.25) is 4.79 Å². The van der Waals surface area contributed by atoms with E-state index >= 15 is 0 Å². The van der Waals surface area contributed by atoms with Gasteiger partial charge in [0, 0.05) is 47.1 Å². The summed E-state index contributed by atoms with van der Waals surface area (Å²) in [6, 6.07) is 11.9. The zero-order valence-corrected chi connectivity index (χ0v) is 17.5. The molecule has 0 radical (unpaired) electrons. The van der Waals surface area contributed by atoms with Crippen LogP contribution in [0.15, 0.2) is 42.6 Å². The molecular weight excluding hydrogens is 372 g/mol. The first-order valence-corrected chi connectivity index (χ1v) is 10.3. The Kier molecular flexibility index (Phi) is 4.86. The number of aromatic nitrogens is 1. The molecule has 2 fully saturated rings. The van der Waals surface area contributed by atoms with Crippen LogP contribution in [-0.2, 0) is 4.79 Å². The number of hydrogen-bond donors (Lipinski definition) is 0. The van der Waals surface area contributed by atoms with E-state index in [1.54, 1.807) is 0 Å². The van der Waals surface area contributed by atoms with Gasteiger partial charge < -0.3 is 9.64 Å². The number of ether oxygens (including phenoxy) is 1. The molecule has 1 aliphatic heterocycles. The summed E-state index contributed by atoms with van der Waals surface area (Å²) >= 11 is 6.09. The predicted molar refractivity (Wildman–Crippen MR) is 111 cm³/mol. The highest BCUT2D eigenvalue weighted by Crippen LogP contribution is 2.50. The van der Waals surface area contributed by atoms with Gasteiger partial charge in [0.2, 0.25) is 11.8 Å². The lowest BCUT2D eigenvalue weighted by atomic mass is 9.77. The van der Waals surface area contributed by atoms with Gasteiger partial charge in [-0.25, -0.2) is 4.98 Å². The number of halogens is 1. The average molecular weight is 399 g/mol. The number of benzene rings is 1. The first kappa shape index (κ1) is 19.3. The van der Waals surface area contributed by atoms with E-state index in [-0.39, 0.29) is 22.7 Å². The highest BCUT2D eigenvalue weighted by molar-refractivity contribution is 6.30. The normalized spacial score (nSPS) is 25.6.